The predicted molar refractivity (Wildman–Crippen MR) is 215 cm³/mol. The highest BCUT2D eigenvalue weighted by molar-refractivity contribution is 5.97. The normalized spacial score (nSPS) is 23.5. The zero-order valence-corrected chi connectivity index (χ0v) is 33.4. The van der Waals surface area contributed by atoms with Crippen LogP contribution >= 0.6 is 0 Å². The molecule has 2 bridgehead atoms. The largest absolute Gasteiger partial charge is 0.494 e. The monoisotopic (exact) mass is 777 g/mol. The predicted octanol–water partition coefficient (Wildman–Crippen LogP) is 3.54. The lowest BCUT2D eigenvalue weighted by atomic mass is 9.76. The van der Waals surface area contributed by atoms with Crippen molar-refractivity contribution in [3.8, 4) is 5.75 Å². The van der Waals surface area contributed by atoms with Gasteiger partial charge in [-0.1, -0.05) is 64.3 Å². The number of hydrogen-bond donors (Lipinski definition) is 5. The van der Waals surface area contributed by atoms with Gasteiger partial charge in [0.25, 0.3) is 0 Å². The lowest BCUT2D eigenvalue weighted by Crippen LogP contribution is -2.54. The van der Waals surface area contributed by atoms with Crippen LogP contribution in [0, 0.1) is 23.2 Å². The lowest BCUT2D eigenvalue weighted by Gasteiger charge is -2.33. The van der Waals surface area contributed by atoms with Gasteiger partial charge >= 0.3 is 0 Å². The van der Waals surface area contributed by atoms with Gasteiger partial charge in [-0.15, -0.1) is 0 Å². The van der Waals surface area contributed by atoms with E-state index in [2.05, 4.69) is 15.6 Å². The molecule has 2 heterocycles. The highest BCUT2D eigenvalue weighted by Gasteiger charge is 2.40. The smallest absolute Gasteiger partial charge is 0.243 e. The second-order valence-electron chi connectivity index (χ2n) is 16.7. The number of fused-ring (bicyclic) bond motifs is 3. The number of benzene rings is 1. The van der Waals surface area contributed by atoms with Crippen molar-refractivity contribution in [2.75, 3.05) is 19.7 Å². The maximum Gasteiger partial charge on any atom is 0.243 e. The Morgan fingerprint density at radius 1 is 1.02 bits per heavy atom. The first kappa shape index (κ1) is 44.0. The first-order valence-corrected chi connectivity index (χ1v) is 20.3. The number of carbonyl (C=O) groups excluding carboxylic acids is 6. The van der Waals surface area contributed by atoms with E-state index in [1.54, 1.807) is 4.90 Å². The fourth-order valence-electron chi connectivity index (χ4n) is 8.09. The number of aliphatic imine (C=N–C) groups is 1. The summed E-state index contributed by atoms with van der Waals surface area (Å²) in [5.74, 6) is -3.45. The average Bonchev–Trinajstić information content (AvgIpc) is 3.65. The summed E-state index contributed by atoms with van der Waals surface area (Å²) in [5.41, 5.74) is 17.0. The van der Waals surface area contributed by atoms with Crippen LogP contribution in [0.5, 0.6) is 5.75 Å². The van der Waals surface area contributed by atoms with Crippen molar-refractivity contribution in [2.45, 2.75) is 129 Å². The van der Waals surface area contributed by atoms with Crippen LogP contribution in [0.4, 0.5) is 0 Å². The Hall–Kier alpha value is -4.75. The Balaban J connectivity index is 1.66. The number of guanidine groups is 1. The number of hydrogen-bond acceptors (Lipinski definition) is 8. The van der Waals surface area contributed by atoms with E-state index in [-0.39, 0.29) is 73.9 Å². The molecule has 0 unspecified atom stereocenters. The summed E-state index contributed by atoms with van der Waals surface area (Å²) in [7, 11) is 0. The Kier molecular flexibility index (Phi) is 16.5. The summed E-state index contributed by atoms with van der Waals surface area (Å²) < 4.78 is 5.95. The Morgan fingerprint density at radius 3 is 2.46 bits per heavy atom. The van der Waals surface area contributed by atoms with E-state index in [9.17, 15) is 28.8 Å². The molecule has 14 heteroatoms. The molecule has 5 atom stereocenters. The number of primary amides is 1. The molecule has 0 spiro atoms. The number of rotatable bonds is 11. The van der Waals surface area contributed by atoms with Gasteiger partial charge in [-0.3, -0.25) is 33.8 Å². The lowest BCUT2D eigenvalue weighted by molar-refractivity contribution is -0.140. The van der Waals surface area contributed by atoms with E-state index >= 15 is 0 Å². The van der Waals surface area contributed by atoms with Gasteiger partial charge in [0.05, 0.1) is 18.7 Å². The number of Topliss-reactive ketones (excluding diaryl/α,β-unsaturated/α-hetero) is 2. The van der Waals surface area contributed by atoms with Gasteiger partial charge in [-0.25, -0.2) is 0 Å². The molecule has 3 aliphatic rings. The van der Waals surface area contributed by atoms with Gasteiger partial charge in [0, 0.05) is 44.2 Å². The highest BCUT2D eigenvalue weighted by atomic mass is 16.5. The quantitative estimate of drug-likeness (QED) is 0.126. The maximum absolute atomic E-state index is 14.5. The SMILES string of the molecule is CC(C)(C)[C@H](CC(=O)[C@H](CCCN=C(N)N)NC(=O)[C@@H]1C/C=C/c2cccc(c2)OCCCC(=O)N2CCC[C@H]2C(=O)N[C@@H](C2CCCCC2)C(=O)C1)C(N)=O. The van der Waals surface area contributed by atoms with Crippen molar-refractivity contribution in [2.24, 2.45) is 45.4 Å². The Bertz CT molecular complexity index is 1610. The third-order valence-corrected chi connectivity index (χ3v) is 11.3. The van der Waals surface area contributed by atoms with Crippen LogP contribution < -0.4 is 32.6 Å². The molecule has 0 aromatic heterocycles. The second-order valence-corrected chi connectivity index (χ2v) is 16.7. The van der Waals surface area contributed by atoms with Gasteiger partial charge in [0.1, 0.15) is 11.8 Å². The fraction of sp³-hybridized carbons (Fsp3) is 0.643. The number of ether oxygens (including phenoxy) is 1. The van der Waals surface area contributed by atoms with Crippen molar-refractivity contribution in [1.29, 1.82) is 0 Å². The summed E-state index contributed by atoms with van der Waals surface area (Å²) in [4.78, 5) is 88.0. The summed E-state index contributed by atoms with van der Waals surface area (Å²) in [6.45, 7) is 6.50. The summed E-state index contributed by atoms with van der Waals surface area (Å²) in [5, 5.41) is 5.99. The molecule has 56 heavy (non-hydrogen) atoms. The molecule has 14 nitrogen and oxygen atoms in total. The van der Waals surface area contributed by atoms with E-state index in [4.69, 9.17) is 21.9 Å². The van der Waals surface area contributed by atoms with Crippen LogP contribution in [-0.2, 0) is 28.8 Å². The summed E-state index contributed by atoms with van der Waals surface area (Å²) >= 11 is 0. The number of ketones is 2. The van der Waals surface area contributed by atoms with Crippen molar-refractivity contribution in [3.05, 3.63) is 35.9 Å². The Morgan fingerprint density at radius 2 is 1.77 bits per heavy atom. The third-order valence-electron chi connectivity index (χ3n) is 11.3. The molecule has 2 fully saturated rings. The van der Waals surface area contributed by atoms with Crippen LogP contribution in [0.2, 0.25) is 0 Å². The van der Waals surface area contributed by atoms with Crippen LogP contribution in [-0.4, -0.2) is 83.9 Å². The minimum Gasteiger partial charge on any atom is -0.494 e. The van der Waals surface area contributed by atoms with E-state index in [0.717, 1.165) is 37.7 Å². The van der Waals surface area contributed by atoms with Gasteiger partial charge in [-0.05, 0) is 80.4 Å². The van der Waals surface area contributed by atoms with Gasteiger partial charge in [-0.2, -0.15) is 0 Å². The van der Waals surface area contributed by atoms with Crippen LogP contribution in [0.25, 0.3) is 6.08 Å². The summed E-state index contributed by atoms with van der Waals surface area (Å²) in [6.07, 6.45) is 10.4. The first-order valence-electron chi connectivity index (χ1n) is 20.3. The fourth-order valence-corrected chi connectivity index (χ4v) is 8.09. The number of allylic oxidation sites excluding steroid dienone is 1. The van der Waals surface area contributed by atoms with Gasteiger partial charge in [0.15, 0.2) is 17.5 Å². The molecule has 1 saturated carbocycles. The molecule has 1 aromatic rings. The molecule has 2 aliphatic heterocycles. The van der Waals surface area contributed by atoms with Crippen molar-refractivity contribution >= 4 is 47.2 Å². The van der Waals surface area contributed by atoms with E-state index in [1.165, 1.54) is 0 Å². The molecular formula is C42H63N7O7. The average molecular weight is 778 g/mol. The van der Waals surface area contributed by atoms with Crippen LogP contribution in [0.3, 0.4) is 0 Å². The number of carbonyl (C=O) groups is 6. The molecule has 1 saturated heterocycles. The number of nitrogens with two attached hydrogens (primary N) is 3. The molecule has 4 rings (SSSR count). The van der Waals surface area contributed by atoms with Crippen LogP contribution in [0.1, 0.15) is 116 Å². The molecular weight excluding hydrogens is 715 g/mol. The number of nitrogens with zero attached hydrogens (tertiary/aromatic N) is 2. The zero-order chi connectivity index (χ0) is 40.8. The molecule has 4 amide bonds. The van der Waals surface area contributed by atoms with Gasteiger partial charge in [0.2, 0.25) is 23.6 Å². The number of amides is 4. The van der Waals surface area contributed by atoms with Crippen molar-refractivity contribution in [3.63, 3.8) is 0 Å². The molecule has 0 radical (unpaired) electrons. The standard InChI is InChI=1S/C42H63N7O7/c1-42(2,3)31(38(43)53)26-34(50)32(18-9-21-46-41(44)45)47-39(54)29-16-7-12-27-13-8-17-30(24-27)56-23-11-20-36(52)49-22-10-19-33(49)40(55)48-37(35(51)25-29)28-14-5-4-6-15-28/h7-8,12-13,17,24,28-29,31-33,37H,4-6,9-11,14-16,18-23,25-26H2,1-3H3,(H2,43,53)(H,47,54)(H,48,55)(H4,44,45,46)/b12-7+/t29-,31-,32+,33+,37+/m1/s1. The summed E-state index contributed by atoms with van der Waals surface area (Å²) in [6, 6.07) is 4.94. The molecule has 1 aromatic carbocycles. The molecule has 8 N–H and O–H groups in total. The molecule has 308 valence electrons. The Labute approximate surface area is 331 Å². The van der Waals surface area contributed by atoms with Crippen molar-refractivity contribution < 1.29 is 33.5 Å². The van der Waals surface area contributed by atoms with E-state index < -0.39 is 47.2 Å². The molecule has 1 aliphatic carbocycles. The number of nitrogens with one attached hydrogen (secondary N) is 2. The third kappa shape index (κ3) is 13.2. The van der Waals surface area contributed by atoms with Crippen LogP contribution in [0.15, 0.2) is 35.3 Å². The second kappa shape index (κ2) is 21.0. The zero-order valence-electron chi connectivity index (χ0n) is 33.4. The van der Waals surface area contributed by atoms with Gasteiger partial charge < -0.3 is 37.5 Å². The minimum absolute atomic E-state index is 0.0968. The van der Waals surface area contributed by atoms with E-state index in [0.29, 0.717) is 44.6 Å². The van der Waals surface area contributed by atoms with E-state index in [1.807, 2.05) is 57.2 Å². The minimum atomic E-state index is -0.995. The van der Waals surface area contributed by atoms with Crippen molar-refractivity contribution in [1.82, 2.24) is 15.5 Å². The topological polar surface area (TPSA) is 229 Å². The maximum atomic E-state index is 14.5. The first-order chi connectivity index (χ1) is 26.6. The highest BCUT2D eigenvalue weighted by Crippen LogP contribution is 2.31.